The molecule has 2 rings (SSSR count). The number of aliphatic hydroxyl groups excluding tert-OH is 1. The SMILES string of the molecule is O=C(NC[C@@H]1Cc2ccccc2O1)N(CCO)CC(F)(F)F. The fraction of sp³-hybridized carbons (Fsp3) is 0.500. The van der Waals surface area contributed by atoms with Crippen molar-refractivity contribution in [3.05, 3.63) is 29.8 Å². The highest BCUT2D eigenvalue weighted by Gasteiger charge is 2.33. The highest BCUT2D eigenvalue weighted by Crippen LogP contribution is 2.27. The molecule has 8 heteroatoms. The maximum atomic E-state index is 12.4. The minimum Gasteiger partial charge on any atom is -0.488 e. The minimum atomic E-state index is -4.51. The lowest BCUT2D eigenvalue weighted by Gasteiger charge is -2.24. The molecule has 0 spiro atoms. The van der Waals surface area contributed by atoms with E-state index in [0.717, 1.165) is 11.3 Å². The van der Waals surface area contributed by atoms with Crippen LogP contribution in [0.3, 0.4) is 0 Å². The number of ether oxygens (including phenoxy) is 1. The number of amides is 2. The number of rotatable bonds is 5. The Morgan fingerprint density at radius 1 is 1.41 bits per heavy atom. The van der Waals surface area contributed by atoms with E-state index < -0.39 is 25.4 Å². The maximum absolute atomic E-state index is 12.4. The zero-order valence-corrected chi connectivity index (χ0v) is 11.8. The molecule has 1 aliphatic rings. The number of para-hydroxylation sites is 1. The highest BCUT2D eigenvalue weighted by molar-refractivity contribution is 5.74. The van der Waals surface area contributed by atoms with Gasteiger partial charge in [0.25, 0.3) is 0 Å². The van der Waals surface area contributed by atoms with E-state index in [1.807, 2.05) is 18.2 Å². The largest absolute Gasteiger partial charge is 0.488 e. The lowest BCUT2D eigenvalue weighted by Crippen LogP contribution is -2.48. The molecule has 0 aromatic heterocycles. The normalized spacial score (nSPS) is 16.8. The predicted octanol–water partition coefficient (Wildman–Crippen LogP) is 1.56. The fourth-order valence-electron chi connectivity index (χ4n) is 2.27. The molecule has 2 N–H and O–H groups in total. The van der Waals surface area contributed by atoms with Crippen molar-refractivity contribution in [2.75, 3.05) is 26.2 Å². The summed E-state index contributed by atoms with van der Waals surface area (Å²) < 4.78 is 42.7. The molecular formula is C14H17F3N2O3. The molecule has 22 heavy (non-hydrogen) atoms. The third-order valence-corrected chi connectivity index (χ3v) is 3.22. The van der Waals surface area contributed by atoms with Crippen molar-refractivity contribution in [2.24, 2.45) is 0 Å². The molecule has 0 saturated carbocycles. The van der Waals surface area contributed by atoms with Gasteiger partial charge >= 0.3 is 12.2 Å². The van der Waals surface area contributed by atoms with Gasteiger partial charge in [-0.25, -0.2) is 4.79 Å². The number of nitrogens with one attached hydrogen (secondary N) is 1. The first-order valence-electron chi connectivity index (χ1n) is 6.84. The van der Waals surface area contributed by atoms with Crippen molar-refractivity contribution in [2.45, 2.75) is 18.7 Å². The Kier molecular flexibility index (Phi) is 5.12. The van der Waals surface area contributed by atoms with Gasteiger partial charge in [0, 0.05) is 13.0 Å². The van der Waals surface area contributed by atoms with Crippen LogP contribution in [0.1, 0.15) is 5.56 Å². The van der Waals surface area contributed by atoms with Crippen LogP contribution in [0.4, 0.5) is 18.0 Å². The van der Waals surface area contributed by atoms with Crippen LogP contribution in [0.25, 0.3) is 0 Å². The third-order valence-electron chi connectivity index (χ3n) is 3.22. The molecule has 1 atom stereocenters. The Bertz CT molecular complexity index is 497. The first-order chi connectivity index (χ1) is 10.4. The van der Waals surface area contributed by atoms with Crippen LogP contribution in [-0.4, -0.2) is 54.6 Å². The fourth-order valence-corrected chi connectivity index (χ4v) is 2.27. The number of fused-ring (bicyclic) bond motifs is 1. The van der Waals surface area contributed by atoms with E-state index in [-0.39, 0.29) is 19.2 Å². The number of carbonyl (C=O) groups is 1. The zero-order chi connectivity index (χ0) is 16.2. The van der Waals surface area contributed by atoms with Crippen molar-refractivity contribution in [3.63, 3.8) is 0 Å². The molecule has 5 nitrogen and oxygen atoms in total. The molecule has 1 aliphatic heterocycles. The second-order valence-electron chi connectivity index (χ2n) is 5.00. The smallest absolute Gasteiger partial charge is 0.406 e. The molecule has 1 aromatic rings. The number of hydrogen-bond donors (Lipinski definition) is 2. The summed E-state index contributed by atoms with van der Waals surface area (Å²) in [6.45, 7) is -2.20. The quantitative estimate of drug-likeness (QED) is 0.866. The second kappa shape index (κ2) is 6.87. The van der Waals surface area contributed by atoms with Gasteiger partial charge in [-0.05, 0) is 11.6 Å². The van der Waals surface area contributed by atoms with Gasteiger partial charge in [0.2, 0.25) is 0 Å². The van der Waals surface area contributed by atoms with E-state index >= 15 is 0 Å². The molecule has 0 fully saturated rings. The van der Waals surface area contributed by atoms with Gasteiger partial charge in [-0.15, -0.1) is 0 Å². The van der Waals surface area contributed by atoms with Crippen LogP contribution < -0.4 is 10.1 Å². The van der Waals surface area contributed by atoms with Crippen molar-refractivity contribution in [1.29, 1.82) is 0 Å². The predicted molar refractivity (Wildman–Crippen MR) is 72.7 cm³/mol. The number of urea groups is 1. The summed E-state index contributed by atoms with van der Waals surface area (Å²) in [5.41, 5.74) is 1.00. The molecule has 2 amide bonds. The Morgan fingerprint density at radius 2 is 2.14 bits per heavy atom. The first kappa shape index (κ1) is 16.4. The van der Waals surface area contributed by atoms with Gasteiger partial charge in [-0.2, -0.15) is 13.2 Å². The summed E-state index contributed by atoms with van der Waals surface area (Å²) >= 11 is 0. The standard InChI is InChI=1S/C14H17F3N2O3/c15-14(16,17)9-19(5-6-20)13(21)18-8-11-7-10-3-1-2-4-12(10)22-11/h1-4,11,20H,5-9H2,(H,18,21)/t11-/m0/s1. The lowest BCUT2D eigenvalue weighted by molar-refractivity contribution is -0.140. The van der Waals surface area contributed by atoms with E-state index in [0.29, 0.717) is 11.3 Å². The van der Waals surface area contributed by atoms with E-state index in [4.69, 9.17) is 9.84 Å². The first-order valence-corrected chi connectivity index (χ1v) is 6.84. The van der Waals surface area contributed by atoms with Gasteiger partial charge < -0.3 is 20.1 Å². The zero-order valence-electron chi connectivity index (χ0n) is 11.8. The molecule has 0 unspecified atom stereocenters. The van der Waals surface area contributed by atoms with Crippen molar-refractivity contribution in [3.8, 4) is 5.75 Å². The average molecular weight is 318 g/mol. The summed E-state index contributed by atoms with van der Waals surface area (Å²) in [7, 11) is 0. The summed E-state index contributed by atoms with van der Waals surface area (Å²) in [5.74, 6) is 0.726. The minimum absolute atomic E-state index is 0.104. The lowest BCUT2D eigenvalue weighted by atomic mass is 10.1. The molecule has 1 heterocycles. The summed E-state index contributed by atoms with van der Waals surface area (Å²) in [4.78, 5) is 12.3. The molecule has 0 saturated heterocycles. The number of aliphatic hydroxyl groups is 1. The van der Waals surface area contributed by atoms with Crippen LogP contribution in [-0.2, 0) is 6.42 Å². The van der Waals surface area contributed by atoms with Crippen LogP contribution >= 0.6 is 0 Å². The van der Waals surface area contributed by atoms with E-state index in [9.17, 15) is 18.0 Å². The Balaban J connectivity index is 1.84. The topological polar surface area (TPSA) is 61.8 Å². The van der Waals surface area contributed by atoms with Gasteiger partial charge in [0.15, 0.2) is 0 Å². The van der Waals surface area contributed by atoms with Gasteiger partial charge in [0.1, 0.15) is 18.4 Å². The number of nitrogens with zero attached hydrogens (tertiary/aromatic N) is 1. The highest BCUT2D eigenvalue weighted by atomic mass is 19.4. The number of halogens is 3. The summed E-state index contributed by atoms with van der Waals surface area (Å²) in [6.07, 6.45) is -4.22. The van der Waals surface area contributed by atoms with Crippen LogP contribution in [0.5, 0.6) is 5.75 Å². The van der Waals surface area contributed by atoms with Crippen LogP contribution in [0, 0.1) is 0 Å². The molecule has 0 aliphatic carbocycles. The Hall–Kier alpha value is -1.96. The van der Waals surface area contributed by atoms with Crippen LogP contribution in [0.15, 0.2) is 24.3 Å². The maximum Gasteiger partial charge on any atom is 0.406 e. The number of benzene rings is 1. The third kappa shape index (κ3) is 4.52. The summed E-state index contributed by atoms with van der Waals surface area (Å²) in [6, 6.07) is 6.53. The number of alkyl halides is 3. The van der Waals surface area contributed by atoms with E-state index in [1.54, 1.807) is 6.07 Å². The molecule has 122 valence electrons. The van der Waals surface area contributed by atoms with Crippen molar-refractivity contribution < 1.29 is 27.8 Å². The van der Waals surface area contributed by atoms with Gasteiger partial charge in [-0.1, -0.05) is 18.2 Å². The molecular weight excluding hydrogens is 301 g/mol. The number of hydrogen-bond acceptors (Lipinski definition) is 3. The number of carbonyl (C=O) groups excluding carboxylic acids is 1. The monoisotopic (exact) mass is 318 g/mol. The average Bonchev–Trinajstić information content (AvgIpc) is 2.85. The van der Waals surface area contributed by atoms with Crippen LogP contribution in [0.2, 0.25) is 0 Å². The Morgan fingerprint density at radius 3 is 2.77 bits per heavy atom. The Labute approximate surface area is 125 Å². The van der Waals surface area contributed by atoms with E-state index in [2.05, 4.69) is 5.32 Å². The summed E-state index contributed by atoms with van der Waals surface area (Å²) in [5, 5.41) is 11.2. The van der Waals surface area contributed by atoms with Gasteiger partial charge in [-0.3, -0.25) is 0 Å². The molecule has 1 aromatic carbocycles. The van der Waals surface area contributed by atoms with E-state index in [1.165, 1.54) is 0 Å². The second-order valence-corrected chi connectivity index (χ2v) is 5.00. The van der Waals surface area contributed by atoms with Crippen molar-refractivity contribution in [1.82, 2.24) is 10.2 Å². The van der Waals surface area contributed by atoms with Gasteiger partial charge in [0.05, 0.1) is 13.2 Å². The van der Waals surface area contributed by atoms with Crippen molar-refractivity contribution >= 4 is 6.03 Å². The molecule has 0 bridgehead atoms. The molecule has 0 radical (unpaired) electrons.